The number of rotatable bonds is 4. The Bertz CT molecular complexity index is 980. The van der Waals surface area contributed by atoms with Crippen LogP contribution in [0, 0.1) is 6.92 Å². The molecule has 0 N–H and O–H groups in total. The van der Waals surface area contributed by atoms with Crippen molar-refractivity contribution in [2.45, 2.75) is 6.92 Å². The fourth-order valence-corrected chi connectivity index (χ4v) is 3.03. The van der Waals surface area contributed by atoms with Crippen molar-refractivity contribution < 1.29 is 4.79 Å². The SMILES string of the molecule is Cc1cccc(C(=O)/C(=C\N(C)C)c2ccnc3ccc(Br)cc23)n1. The number of hydrogen-bond donors (Lipinski definition) is 0. The van der Waals surface area contributed by atoms with E-state index in [0.717, 1.165) is 26.6 Å². The van der Waals surface area contributed by atoms with Crippen LogP contribution >= 0.6 is 15.9 Å². The number of nitrogens with zero attached hydrogens (tertiary/aromatic N) is 3. The number of halogens is 1. The molecular formula is C20H18BrN3O. The van der Waals surface area contributed by atoms with Gasteiger partial charge in [-0.25, -0.2) is 4.98 Å². The third-order valence-electron chi connectivity index (χ3n) is 3.75. The highest BCUT2D eigenvalue weighted by molar-refractivity contribution is 9.10. The molecule has 5 heteroatoms. The van der Waals surface area contributed by atoms with Gasteiger partial charge < -0.3 is 4.90 Å². The van der Waals surface area contributed by atoms with Gasteiger partial charge in [0.25, 0.3) is 0 Å². The molecule has 2 aromatic heterocycles. The molecule has 1 aromatic carbocycles. The van der Waals surface area contributed by atoms with E-state index < -0.39 is 0 Å². The van der Waals surface area contributed by atoms with E-state index in [1.807, 2.05) is 68.5 Å². The molecule has 0 fully saturated rings. The van der Waals surface area contributed by atoms with Crippen LogP contribution in [0.1, 0.15) is 21.7 Å². The molecule has 0 unspecified atom stereocenters. The molecule has 2 heterocycles. The average Bonchev–Trinajstić information content (AvgIpc) is 2.58. The second-order valence-electron chi connectivity index (χ2n) is 6.02. The molecule has 0 amide bonds. The first-order chi connectivity index (χ1) is 12.0. The molecule has 0 aliphatic heterocycles. The van der Waals surface area contributed by atoms with Gasteiger partial charge in [-0.15, -0.1) is 0 Å². The van der Waals surface area contributed by atoms with E-state index in [1.165, 1.54) is 0 Å². The lowest BCUT2D eigenvalue weighted by Crippen LogP contribution is -2.11. The number of aryl methyl sites for hydroxylation is 1. The van der Waals surface area contributed by atoms with Crippen molar-refractivity contribution in [2.24, 2.45) is 0 Å². The van der Waals surface area contributed by atoms with Gasteiger partial charge in [-0.3, -0.25) is 9.78 Å². The van der Waals surface area contributed by atoms with Crippen molar-refractivity contribution >= 4 is 38.2 Å². The van der Waals surface area contributed by atoms with Gasteiger partial charge in [0, 0.05) is 47.6 Å². The van der Waals surface area contributed by atoms with E-state index in [4.69, 9.17) is 0 Å². The third-order valence-corrected chi connectivity index (χ3v) is 4.24. The zero-order chi connectivity index (χ0) is 18.0. The Balaban J connectivity index is 2.21. The second kappa shape index (κ2) is 7.15. The van der Waals surface area contributed by atoms with Gasteiger partial charge in [0.2, 0.25) is 5.78 Å². The lowest BCUT2D eigenvalue weighted by molar-refractivity contribution is 0.105. The quantitative estimate of drug-likeness (QED) is 0.482. The Hall–Kier alpha value is -2.53. The summed E-state index contributed by atoms with van der Waals surface area (Å²) in [5.74, 6) is -0.107. The number of ketones is 1. The van der Waals surface area contributed by atoms with Crippen molar-refractivity contribution in [2.75, 3.05) is 14.1 Å². The number of fused-ring (bicyclic) bond motifs is 1. The zero-order valence-corrected chi connectivity index (χ0v) is 15.9. The highest BCUT2D eigenvalue weighted by atomic mass is 79.9. The molecule has 0 aliphatic rings. The number of aromatic nitrogens is 2. The number of pyridine rings is 2. The summed E-state index contributed by atoms with van der Waals surface area (Å²) >= 11 is 3.50. The van der Waals surface area contributed by atoms with E-state index in [-0.39, 0.29) is 5.78 Å². The molecule has 0 saturated carbocycles. The van der Waals surface area contributed by atoms with Gasteiger partial charge in [-0.05, 0) is 48.9 Å². The number of carbonyl (C=O) groups excluding carboxylic acids is 1. The number of allylic oxidation sites excluding steroid dienone is 1. The third kappa shape index (κ3) is 3.77. The van der Waals surface area contributed by atoms with Crippen LogP contribution in [0.3, 0.4) is 0 Å². The van der Waals surface area contributed by atoms with Gasteiger partial charge in [0.15, 0.2) is 0 Å². The highest BCUT2D eigenvalue weighted by Gasteiger charge is 2.19. The van der Waals surface area contributed by atoms with E-state index in [9.17, 15) is 4.79 Å². The van der Waals surface area contributed by atoms with Crippen LogP contribution in [0.25, 0.3) is 16.5 Å². The molecule has 0 saturated heterocycles. The Kier molecular flexibility index (Phi) is 4.95. The summed E-state index contributed by atoms with van der Waals surface area (Å²) in [5.41, 5.74) is 3.53. The molecule has 0 aliphatic carbocycles. The summed E-state index contributed by atoms with van der Waals surface area (Å²) < 4.78 is 0.944. The monoisotopic (exact) mass is 395 g/mol. The maximum absolute atomic E-state index is 13.2. The predicted molar refractivity (Wildman–Crippen MR) is 104 cm³/mol. The van der Waals surface area contributed by atoms with Crippen LogP contribution in [0.15, 0.2) is 59.3 Å². The van der Waals surface area contributed by atoms with Crippen LogP contribution in [0.5, 0.6) is 0 Å². The predicted octanol–water partition coefficient (Wildman–Crippen LogP) is 4.49. The minimum Gasteiger partial charge on any atom is -0.383 e. The summed E-state index contributed by atoms with van der Waals surface area (Å²) in [6.45, 7) is 1.88. The molecular weight excluding hydrogens is 378 g/mol. The van der Waals surface area contributed by atoms with Crippen molar-refractivity contribution in [3.8, 4) is 0 Å². The largest absolute Gasteiger partial charge is 0.383 e. The molecule has 25 heavy (non-hydrogen) atoms. The van der Waals surface area contributed by atoms with Crippen LogP contribution in [0.2, 0.25) is 0 Å². The lowest BCUT2D eigenvalue weighted by atomic mass is 9.97. The van der Waals surface area contributed by atoms with Crippen molar-refractivity contribution in [1.29, 1.82) is 0 Å². The minimum atomic E-state index is -0.107. The number of hydrogen-bond acceptors (Lipinski definition) is 4. The zero-order valence-electron chi connectivity index (χ0n) is 14.3. The Morgan fingerprint density at radius 1 is 1.16 bits per heavy atom. The van der Waals surface area contributed by atoms with E-state index in [2.05, 4.69) is 25.9 Å². The highest BCUT2D eigenvalue weighted by Crippen LogP contribution is 2.28. The molecule has 0 radical (unpaired) electrons. The maximum atomic E-state index is 13.2. The summed E-state index contributed by atoms with van der Waals surface area (Å²) in [7, 11) is 3.80. The van der Waals surface area contributed by atoms with Gasteiger partial charge in [0.05, 0.1) is 5.52 Å². The maximum Gasteiger partial charge on any atom is 0.213 e. The van der Waals surface area contributed by atoms with Gasteiger partial charge in [0.1, 0.15) is 5.69 Å². The normalized spacial score (nSPS) is 11.6. The Morgan fingerprint density at radius 3 is 2.68 bits per heavy atom. The van der Waals surface area contributed by atoms with Crippen molar-refractivity contribution in [3.63, 3.8) is 0 Å². The topological polar surface area (TPSA) is 46.1 Å². The van der Waals surface area contributed by atoms with Gasteiger partial charge in [-0.1, -0.05) is 22.0 Å². The van der Waals surface area contributed by atoms with Crippen molar-refractivity contribution in [3.05, 3.63) is 76.3 Å². The molecule has 4 nitrogen and oxygen atoms in total. The Labute approximate surface area is 155 Å². The molecule has 0 atom stereocenters. The van der Waals surface area contributed by atoms with Crippen LogP contribution in [-0.2, 0) is 0 Å². The first kappa shape index (κ1) is 17.3. The van der Waals surface area contributed by atoms with Crippen molar-refractivity contribution in [1.82, 2.24) is 14.9 Å². The summed E-state index contributed by atoms with van der Waals surface area (Å²) in [5, 5.41) is 0.922. The van der Waals surface area contributed by atoms with Gasteiger partial charge >= 0.3 is 0 Å². The van der Waals surface area contributed by atoms with E-state index in [1.54, 1.807) is 12.3 Å². The fraction of sp³-hybridized carbons (Fsp3) is 0.150. The number of Topliss-reactive ketones (excluding diaryl/α,β-unsaturated/α-hetero) is 1. The summed E-state index contributed by atoms with van der Waals surface area (Å²) in [4.78, 5) is 23.8. The van der Waals surface area contributed by atoms with E-state index in [0.29, 0.717) is 11.3 Å². The number of benzene rings is 1. The summed E-state index contributed by atoms with van der Waals surface area (Å²) in [6.07, 6.45) is 3.56. The molecule has 3 aromatic rings. The first-order valence-electron chi connectivity index (χ1n) is 7.87. The summed E-state index contributed by atoms with van der Waals surface area (Å²) in [6, 6.07) is 13.2. The number of carbonyl (C=O) groups is 1. The van der Waals surface area contributed by atoms with Crippen LogP contribution < -0.4 is 0 Å². The average molecular weight is 396 g/mol. The molecule has 0 bridgehead atoms. The first-order valence-corrected chi connectivity index (χ1v) is 8.66. The minimum absolute atomic E-state index is 0.107. The van der Waals surface area contributed by atoms with Crippen LogP contribution in [0.4, 0.5) is 0 Å². The second-order valence-corrected chi connectivity index (χ2v) is 6.94. The van der Waals surface area contributed by atoms with Crippen LogP contribution in [-0.4, -0.2) is 34.7 Å². The van der Waals surface area contributed by atoms with E-state index >= 15 is 0 Å². The smallest absolute Gasteiger partial charge is 0.213 e. The van der Waals surface area contributed by atoms with Gasteiger partial charge in [-0.2, -0.15) is 0 Å². The molecule has 3 rings (SSSR count). The fourth-order valence-electron chi connectivity index (χ4n) is 2.67. The molecule has 0 spiro atoms. The Morgan fingerprint density at radius 2 is 1.96 bits per heavy atom. The lowest BCUT2D eigenvalue weighted by Gasteiger charge is -2.14. The standard InChI is InChI=1S/C20H18BrN3O/c1-13-5-4-6-19(23-13)20(25)17(12-24(2)3)15-9-10-22-18-8-7-14(21)11-16(15)18/h4-12H,1-3H3/b17-12-. The molecule has 126 valence electrons.